The number of benzene rings is 3. The molecule has 2 aromatic heterocycles. The second kappa shape index (κ2) is 11.7. The van der Waals surface area contributed by atoms with Crippen molar-refractivity contribution in [3.05, 3.63) is 72.6 Å². The van der Waals surface area contributed by atoms with Gasteiger partial charge in [0.1, 0.15) is 6.33 Å². The molecule has 1 aliphatic heterocycles. The van der Waals surface area contributed by atoms with Crippen molar-refractivity contribution >= 4 is 21.8 Å². The van der Waals surface area contributed by atoms with E-state index in [1.165, 1.54) is 5.56 Å². The maximum absolute atomic E-state index is 6.29. The van der Waals surface area contributed by atoms with E-state index in [9.17, 15) is 0 Å². The first-order valence-electron chi connectivity index (χ1n) is 14.1. The fourth-order valence-electron chi connectivity index (χ4n) is 5.47. The van der Waals surface area contributed by atoms with Crippen LogP contribution in [0.4, 0.5) is 0 Å². The summed E-state index contributed by atoms with van der Waals surface area (Å²) in [6.07, 6.45) is 2.56. The number of hydrogen-bond acceptors (Lipinski definition) is 6. The van der Waals surface area contributed by atoms with Crippen molar-refractivity contribution in [1.82, 2.24) is 19.9 Å². The summed E-state index contributed by atoms with van der Waals surface area (Å²) in [7, 11) is 1.67. The topological polar surface area (TPSA) is 72.5 Å². The van der Waals surface area contributed by atoms with Crippen LogP contribution >= 0.6 is 0 Å². The molecule has 40 heavy (non-hydrogen) atoms. The first-order chi connectivity index (χ1) is 19.6. The van der Waals surface area contributed by atoms with Gasteiger partial charge in [0, 0.05) is 47.6 Å². The van der Waals surface area contributed by atoms with E-state index in [2.05, 4.69) is 77.2 Å². The molecule has 7 heteroatoms. The SMILES string of the molecule is COc1cc2ncnc(-c3c(-c4ccc(C(C)C)cc4)[nH]c4ccccc34)c2cc1OCCCN1CCOCC1. The summed E-state index contributed by atoms with van der Waals surface area (Å²) in [6.45, 7) is 9.59. The standard InChI is InChI=1S/C33H36N4O3/c1-22(2)23-9-11-24(12-10-23)32-31(25-7-4-5-8-27(25)36-32)33-26-19-30(29(38-3)20-28(26)34-21-35-33)40-16-6-13-37-14-17-39-18-15-37/h4-5,7-12,19-22,36H,6,13-18H2,1-3H3. The maximum Gasteiger partial charge on any atom is 0.162 e. The predicted octanol–water partition coefficient (Wildman–Crippen LogP) is 6.68. The highest BCUT2D eigenvalue weighted by Crippen LogP contribution is 2.42. The number of morpholine rings is 1. The Kier molecular flexibility index (Phi) is 7.66. The molecular weight excluding hydrogens is 500 g/mol. The van der Waals surface area contributed by atoms with Gasteiger partial charge in [0.25, 0.3) is 0 Å². The zero-order valence-electron chi connectivity index (χ0n) is 23.4. The third kappa shape index (κ3) is 5.27. The molecule has 1 saturated heterocycles. The molecule has 3 aromatic carbocycles. The van der Waals surface area contributed by atoms with E-state index in [1.54, 1.807) is 13.4 Å². The van der Waals surface area contributed by atoms with Crippen molar-refractivity contribution in [2.24, 2.45) is 0 Å². The zero-order chi connectivity index (χ0) is 27.5. The molecule has 206 valence electrons. The predicted molar refractivity (Wildman–Crippen MR) is 160 cm³/mol. The molecule has 0 aliphatic carbocycles. The average molecular weight is 537 g/mol. The van der Waals surface area contributed by atoms with Crippen LogP contribution in [0.25, 0.3) is 44.3 Å². The minimum atomic E-state index is 0.476. The van der Waals surface area contributed by atoms with Crippen LogP contribution in [0.2, 0.25) is 0 Å². The van der Waals surface area contributed by atoms with Crippen LogP contribution in [0.1, 0.15) is 31.7 Å². The monoisotopic (exact) mass is 536 g/mol. The van der Waals surface area contributed by atoms with Gasteiger partial charge in [-0.25, -0.2) is 9.97 Å². The first-order valence-corrected chi connectivity index (χ1v) is 14.1. The van der Waals surface area contributed by atoms with E-state index in [0.29, 0.717) is 24.0 Å². The van der Waals surface area contributed by atoms with Crippen LogP contribution in [-0.2, 0) is 4.74 Å². The Morgan fingerprint density at radius 1 is 0.950 bits per heavy atom. The summed E-state index contributed by atoms with van der Waals surface area (Å²) in [4.78, 5) is 15.5. The number of fused-ring (bicyclic) bond motifs is 2. The molecule has 0 bridgehead atoms. The number of aromatic nitrogens is 3. The molecule has 3 heterocycles. The summed E-state index contributed by atoms with van der Waals surface area (Å²) in [5.41, 5.74) is 7.29. The van der Waals surface area contributed by atoms with Crippen LogP contribution in [0.5, 0.6) is 11.5 Å². The highest BCUT2D eigenvalue weighted by atomic mass is 16.5. The van der Waals surface area contributed by atoms with Gasteiger partial charge >= 0.3 is 0 Å². The van der Waals surface area contributed by atoms with Gasteiger partial charge in [0.2, 0.25) is 0 Å². The molecule has 1 aliphatic rings. The Labute approximate surface area is 235 Å². The summed E-state index contributed by atoms with van der Waals surface area (Å²) in [5.74, 6) is 1.85. The van der Waals surface area contributed by atoms with Gasteiger partial charge in [-0.1, -0.05) is 56.3 Å². The smallest absolute Gasteiger partial charge is 0.162 e. The van der Waals surface area contributed by atoms with Crippen LogP contribution in [0.15, 0.2) is 67.0 Å². The van der Waals surface area contributed by atoms with Gasteiger partial charge in [-0.05, 0) is 35.6 Å². The highest BCUT2D eigenvalue weighted by Gasteiger charge is 2.20. The van der Waals surface area contributed by atoms with Crippen molar-refractivity contribution in [2.45, 2.75) is 26.2 Å². The number of H-pyrrole nitrogens is 1. The molecule has 1 N–H and O–H groups in total. The van der Waals surface area contributed by atoms with Crippen LogP contribution in [-0.4, -0.2) is 66.4 Å². The zero-order valence-corrected chi connectivity index (χ0v) is 23.4. The van der Waals surface area contributed by atoms with E-state index >= 15 is 0 Å². The Bertz CT molecular complexity index is 1600. The Morgan fingerprint density at radius 3 is 2.52 bits per heavy atom. The van der Waals surface area contributed by atoms with E-state index in [-0.39, 0.29) is 0 Å². The fraction of sp³-hybridized carbons (Fsp3) is 0.333. The summed E-state index contributed by atoms with van der Waals surface area (Å²) >= 11 is 0. The lowest BCUT2D eigenvalue weighted by Crippen LogP contribution is -2.37. The van der Waals surface area contributed by atoms with Crippen LogP contribution in [0, 0.1) is 0 Å². The minimum Gasteiger partial charge on any atom is -0.493 e. The van der Waals surface area contributed by atoms with Crippen molar-refractivity contribution in [2.75, 3.05) is 46.6 Å². The first kappa shape index (κ1) is 26.3. The van der Waals surface area contributed by atoms with E-state index in [1.807, 2.05) is 12.1 Å². The summed E-state index contributed by atoms with van der Waals surface area (Å²) in [6, 6.07) is 21.2. The average Bonchev–Trinajstić information content (AvgIpc) is 3.38. The largest absolute Gasteiger partial charge is 0.493 e. The molecular formula is C33H36N4O3. The molecule has 0 amide bonds. The van der Waals surface area contributed by atoms with Gasteiger partial charge < -0.3 is 19.2 Å². The maximum atomic E-state index is 6.29. The number of nitrogens with one attached hydrogen (secondary N) is 1. The lowest BCUT2D eigenvalue weighted by Gasteiger charge is -2.26. The summed E-state index contributed by atoms with van der Waals surface area (Å²) < 4.78 is 17.5. The Hall–Kier alpha value is -3.94. The molecule has 7 nitrogen and oxygen atoms in total. The molecule has 0 radical (unpaired) electrons. The van der Waals surface area contributed by atoms with Gasteiger partial charge in [0.05, 0.1) is 43.8 Å². The Balaban J connectivity index is 1.39. The van der Waals surface area contributed by atoms with Crippen LogP contribution in [0.3, 0.4) is 0 Å². The molecule has 6 rings (SSSR count). The summed E-state index contributed by atoms with van der Waals surface area (Å²) in [5, 5.41) is 2.05. The molecule has 5 aromatic rings. The van der Waals surface area contributed by atoms with E-state index < -0.39 is 0 Å². The number of ether oxygens (including phenoxy) is 3. The quantitative estimate of drug-likeness (QED) is 0.212. The second-order valence-corrected chi connectivity index (χ2v) is 10.6. The number of para-hydroxylation sites is 1. The number of methoxy groups -OCH3 is 1. The lowest BCUT2D eigenvalue weighted by atomic mass is 9.97. The van der Waals surface area contributed by atoms with Crippen molar-refractivity contribution in [3.8, 4) is 34.0 Å². The molecule has 1 fully saturated rings. The molecule has 0 spiro atoms. The van der Waals surface area contributed by atoms with Gasteiger partial charge in [-0.3, -0.25) is 4.90 Å². The third-order valence-electron chi connectivity index (χ3n) is 7.71. The van der Waals surface area contributed by atoms with Gasteiger partial charge in [-0.2, -0.15) is 0 Å². The Morgan fingerprint density at radius 2 is 1.75 bits per heavy atom. The third-order valence-corrected chi connectivity index (χ3v) is 7.71. The van der Waals surface area contributed by atoms with Crippen LogP contribution < -0.4 is 9.47 Å². The normalized spacial score (nSPS) is 14.3. The van der Waals surface area contributed by atoms with Gasteiger partial charge in [-0.15, -0.1) is 0 Å². The fourth-order valence-corrected chi connectivity index (χ4v) is 5.47. The van der Waals surface area contributed by atoms with Gasteiger partial charge in [0.15, 0.2) is 11.5 Å². The highest BCUT2D eigenvalue weighted by molar-refractivity contribution is 6.09. The van der Waals surface area contributed by atoms with Crippen molar-refractivity contribution in [3.63, 3.8) is 0 Å². The molecule has 0 saturated carbocycles. The molecule has 0 atom stereocenters. The number of rotatable bonds is 9. The van der Waals surface area contributed by atoms with Crippen molar-refractivity contribution < 1.29 is 14.2 Å². The number of aromatic amines is 1. The van der Waals surface area contributed by atoms with E-state index in [4.69, 9.17) is 19.2 Å². The number of nitrogens with zero attached hydrogens (tertiary/aromatic N) is 3. The number of hydrogen-bond donors (Lipinski definition) is 1. The minimum absolute atomic E-state index is 0.476. The second-order valence-electron chi connectivity index (χ2n) is 10.6. The van der Waals surface area contributed by atoms with Crippen molar-refractivity contribution in [1.29, 1.82) is 0 Å². The van der Waals surface area contributed by atoms with E-state index in [0.717, 1.165) is 83.6 Å². The lowest BCUT2D eigenvalue weighted by molar-refractivity contribution is 0.0357. The molecule has 0 unspecified atom stereocenters.